The Hall–Kier alpha value is -6.89. The summed E-state index contributed by atoms with van der Waals surface area (Å²) in [5, 5.41) is 48.7. The predicted octanol–water partition coefficient (Wildman–Crippen LogP) is -1.09. The Kier molecular flexibility index (Phi) is 29.2. The number of carbonyl (C=O) groups excluding carboxylic acids is 9. The molecule has 0 radical (unpaired) electrons. The zero-order chi connectivity index (χ0) is 57.3. The summed E-state index contributed by atoms with van der Waals surface area (Å²) >= 11 is 0. The van der Waals surface area contributed by atoms with Gasteiger partial charge in [0.2, 0.25) is 53.2 Å². The molecule has 17 N–H and O–H groups in total. The second kappa shape index (κ2) is 33.1. The molecule has 1 rings (SSSR count). The van der Waals surface area contributed by atoms with E-state index in [-0.39, 0.29) is 56.2 Å². The van der Waals surface area contributed by atoms with E-state index in [4.69, 9.17) is 17.2 Å². The van der Waals surface area contributed by atoms with E-state index in [9.17, 15) is 68.1 Å². The summed E-state index contributed by atoms with van der Waals surface area (Å²) in [6.07, 6.45) is -0.546. The van der Waals surface area contributed by atoms with Crippen LogP contribution in [0.5, 0.6) is 5.75 Å². The first kappa shape index (κ1) is 66.1. The normalized spacial score (nSPS) is 15.3. The SMILES string of the molecule is CC[C@H](C)[C@H](NC(=O)[C@H](CC(C)C)NC(=O)[C@@H](N)Cc1ccc(O)cc1)C(=O)N[C@@H](CC(N)=O)C(=O)N[C@@H](CCCCN)C(=O)N[C@H](C(=O)N[C@@H](CCC(=O)O)C(=O)N[C@@H](C)C(=O)N[C@@H](CC(C)C)C(=O)O)C(C)C. The first-order chi connectivity index (χ1) is 35.0. The van der Waals surface area contributed by atoms with Crippen molar-refractivity contribution in [1.82, 2.24) is 42.5 Å². The Labute approximate surface area is 438 Å². The summed E-state index contributed by atoms with van der Waals surface area (Å²) in [6.45, 7) is 15.1. The quantitative estimate of drug-likeness (QED) is 0.0359. The number of hydrogen-bond acceptors (Lipinski definition) is 14. The van der Waals surface area contributed by atoms with Crippen LogP contribution in [-0.2, 0) is 59.2 Å². The lowest BCUT2D eigenvalue weighted by atomic mass is 9.96. The zero-order valence-electron chi connectivity index (χ0n) is 44.7. The van der Waals surface area contributed by atoms with Gasteiger partial charge in [-0.25, -0.2) is 4.79 Å². The van der Waals surface area contributed by atoms with Crippen molar-refractivity contribution < 1.29 is 68.1 Å². The molecule has 10 atom stereocenters. The number of hydrogen-bond donors (Lipinski definition) is 14. The molecule has 25 heteroatoms. The van der Waals surface area contributed by atoms with E-state index in [0.717, 1.165) is 0 Å². The third-order valence-corrected chi connectivity index (χ3v) is 12.1. The van der Waals surface area contributed by atoms with E-state index in [0.29, 0.717) is 18.4 Å². The summed E-state index contributed by atoms with van der Waals surface area (Å²) < 4.78 is 0. The number of carboxylic acid groups (broad SMARTS) is 2. The number of unbranched alkanes of at least 4 members (excludes halogenated alkanes) is 1. The highest BCUT2D eigenvalue weighted by atomic mass is 16.4. The van der Waals surface area contributed by atoms with Crippen molar-refractivity contribution in [2.75, 3.05) is 6.54 Å². The van der Waals surface area contributed by atoms with Crippen LogP contribution >= 0.6 is 0 Å². The Bertz CT molecular complexity index is 2110. The molecule has 0 heterocycles. The topological polar surface area (TPSA) is 423 Å². The summed E-state index contributed by atoms with van der Waals surface area (Å²) in [4.78, 5) is 145. The molecule has 9 amide bonds. The fourth-order valence-corrected chi connectivity index (χ4v) is 7.58. The molecule has 422 valence electrons. The molecule has 0 aromatic heterocycles. The number of carboxylic acids is 2. The van der Waals surface area contributed by atoms with Gasteiger partial charge in [-0.3, -0.25) is 47.9 Å². The van der Waals surface area contributed by atoms with Crippen LogP contribution in [0, 0.1) is 23.7 Å². The Balaban J connectivity index is 3.40. The van der Waals surface area contributed by atoms with E-state index < -0.39 is 151 Å². The fraction of sp³-hybridized carbons (Fsp3) is 0.660. The van der Waals surface area contributed by atoms with Gasteiger partial charge in [0.1, 0.15) is 54.1 Å². The van der Waals surface area contributed by atoms with E-state index in [1.807, 2.05) is 13.8 Å². The van der Waals surface area contributed by atoms with E-state index in [1.54, 1.807) is 53.7 Å². The molecule has 0 unspecified atom stereocenters. The highest BCUT2D eigenvalue weighted by Crippen LogP contribution is 2.15. The van der Waals surface area contributed by atoms with Crippen LogP contribution < -0.4 is 59.7 Å². The maximum Gasteiger partial charge on any atom is 0.326 e. The Morgan fingerprint density at radius 3 is 1.53 bits per heavy atom. The molecule has 0 aliphatic carbocycles. The molecule has 0 spiro atoms. The van der Waals surface area contributed by atoms with Crippen LogP contribution in [0.1, 0.15) is 126 Å². The number of primary amides is 1. The maximum atomic E-state index is 14.1. The number of aliphatic carboxylic acids is 2. The number of benzene rings is 1. The first-order valence-electron chi connectivity index (χ1n) is 25.4. The standard InChI is InChI=1S/C50H83N11O14/c1-10-28(8)41(61-47(71)35(21-25(2)3)57-43(67)32(52)23-30-14-16-31(62)17-15-30)49(73)58-36(24-38(53)63)46(70)55-33(13-11-12-20-51)45(69)60-40(27(6)7)48(72)56-34(18-19-39(64)65)44(68)54-29(9)42(66)59-37(50(74)75)22-26(4)5/h14-17,25-29,32-37,40-41,62H,10-13,18-24,51-52H2,1-9H3,(H2,53,63)(H,54,68)(H,55,70)(H,56,72)(H,57,67)(H,58,73)(H,59,66)(H,60,69)(H,61,71)(H,64,65)(H,74,75)/t28-,29-,32-,33-,34-,35-,36-,37-,40-,41-/m0/s1. The minimum absolute atomic E-state index is 0.0296. The lowest BCUT2D eigenvalue weighted by molar-refractivity contribution is -0.142. The third-order valence-electron chi connectivity index (χ3n) is 12.1. The van der Waals surface area contributed by atoms with Gasteiger partial charge in [0, 0.05) is 6.42 Å². The van der Waals surface area contributed by atoms with Crippen LogP contribution in [0.3, 0.4) is 0 Å². The monoisotopic (exact) mass is 1060 g/mol. The van der Waals surface area contributed by atoms with Crippen molar-refractivity contribution in [3.8, 4) is 5.75 Å². The van der Waals surface area contributed by atoms with Gasteiger partial charge >= 0.3 is 11.9 Å². The molecule has 0 fully saturated rings. The van der Waals surface area contributed by atoms with Gasteiger partial charge in [-0.2, -0.15) is 0 Å². The van der Waals surface area contributed by atoms with Crippen LogP contribution in [-0.4, -0.2) is 141 Å². The van der Waals surface area contributed by atoms with E-state index in [1.165, 1.54) is 19.1 Å². The predicted molar refractivity (Wildman–Crippen MR) is 275 cm³/mol. The number of carbonyl (C=O) groups is 11. The molecular weight excluding hydrogens is 979 g/mol. The smallest absolute Gasteiger partial charge is 0.326 e. The summed E-state index contributed by atoms with van der Waals surface area (Å²) in [5.41, 5.74) is 18.1. The van der Waals surface area contributed by atoms with Crippen LogP contribution in [0.4, 0.5) is 0 Å². The average molecular weight is 1060 g/mol. The molecule has 0 aliphatic rings. The van der Waals surface area contributed by atoms with Crippen molar-refractivity contribution in [2.45, 2.75) is 181 Å². The second-order valence-electron chi connectivity index (χ2n) is 20.1. The molecule has 0 bridgehead atoms. The number of rotatable bonds is 35. The summed E-state index contributed by atoms with van der Waals surface area (Å²) in [5.74, 6) is -12.1. The Morgan fingerprint density at radius 1 is 0.547 bits per heavy atom. The van der Waals surface area contributed by atoms with Crippen molar-refractivity contribution in [2.24, 2.45) is 40.9 Å². The molecular formula is C50H83N11O14. The summed E-state index contributed by atoms with van der Waals surface area (Å²) in [6, 6.07) is -6.14. The molecule has 25 nitrogen and oxygen atoms in total. The zero-order valence-corrected chi connectivity index (χ0v) is 44.7. The Morgan fingerprint density at radius 2 is 1.01 bits per heavy atom. The van der Waals surface area contributed by atoms with Crippen LogP contribution in [0.2, 0.25) is 0 Å². The minimum atomic E-state index is -1.69. The highest BCUT2D eigenvalue weighted by Gasteiger charge is 2.37. The van der Waals surface area contributed by atoms with Crippen molar-refractivity contribution in [3.05, 3.63) is 29.8 Å². The number of phenols is 1. The highest BCUT2D eigenvalue weighted by molar-refractivity contribution is 5.99. The van der Waals surface area contributed by atoms with Gasteiger partial charge in [0.25, 0.3) is 0 Å². The van der Waals surface area contributed by atoms with Gasteiger partial charge in [0.05, 0.1) is 12.5 Å². The third kappa shape index (κ3) is 24.8. The lowest BCUT2D eigenvalue weighted by Crippen LogP contribution is -2.61. The lowest BCUT2D eigenvalue weighted by Gasteiger charge is -2.30. The first-order valence-corrected chi connectivity index (χ1v) is 25.4. The van der Waals surface area contributed by atoms with Crippen molar-refractivity contribution in [1.29, 1.82) is 0 Å². The molecule has 0 saturated carbocycles. The molecule has 0 aliphatic heterocycles. The summed E-state index contributed by atoms with van der Waals surface area (Å²) in [7, 11) is 0. The van der Waals surface area contributed by atoms with Gasteiger partial charge < -0.3 is 75.1 Å². The largest absolute Gasteiger partial charge is 0.508 e. The van der Waals surface area contributed by atoms with Gasteiger partial charge in [-0.1, -0.05) is 73.9 Å². The number of phenolic OH excluding ortho intramolecular Hbond substituents is 1. The molecule has 0 saturated heterocycles. The van der Waals surface area contributed by atoms with Gasteiger partial charge in [-0.05, 0) is 99.8 Å². The minimum Gasteiger partial charge on any atom is -0.508 e. The van der Waals surface area contributed by atoms with Gasteiger partial charge in [-0.15, -0.1) is 0 Å². The second-order valence-corrected chi connectivity index (χ2v) is 20.1. The number of aromatic hydroxyl groups is 1. The average Bonchev–Trinajstić information content (AvgIpc) is 3.31. The van der Waals surface area contributed by atoms with E-state index >= 15 is 0 Å². The number of nitrogens with two attached hydrogens (primary N) is 3. The molecule has 1 aromatic carbocycles. The van der Waals surface area contributed by atoms with Crippen molar-refractivity contribution in [3.63, 3.8) is 0 Å². The number of nitrogens with one attached hydrogen (secondary N) is 8. The van der Waals surface area contributed by atoms with Crippen molar-refractivity contribution >= 4 is 65.1 Å². The van der Waals surface area contributed by atoms with E-state index in [2.05, 4.69) is 42.5 Å². The number of amides is 9. The van der Waals surface area contributed by atoms with Gasteiger partial charge in [0.15, 0.2) is 0 Å². The van der Waals surface area contributed by atoms with Crippen LogP contribution in [0.25, 0.3) is 0 Å². The maximum absolute atomic E-state index is 14.1. The fourth-order valence-electron chi connectivity index (χ4n) is 7.58. The van der Waals surface area contributed by atoms with Crippen LogP contribution in [0.15, 0.2) is 24.3 Å². The molecule has 1 aromatic rings. The molecule has 75 heavy (non-hydrogen) atoms.